The van der Waals surface area contributed by atoms with E-state index in [4.69, 9.17) is 32.4 Å². The summed E-state index contributed by atoms with van der Waals surface area (Å²) in [6.07, 6.45) is 0.839. The Kier molecular flexibility index (Phi) is 8.75. The number of ether oxygens (including phenoxy) is 1. The van der Waals surface area contributed by atoms with Crippen molar-refractivity contribution in [2.24, 2.45) is 5.92 Å². The number of hydrogen-bond acceptors (Lipinski definition) is 7. The Labute approximate surface area is 282 Å². The molecule has 7 rings (SSSR count). The third kappa shape index (κ3) is 6.63. The van der Waals surface area contributed by atoms with E-state index >= 15 is 4.39 Å². The molecule has 1 unspecified atom stereocenters. The number of halogens is 3. The fourth-order valence-electron chi connectivity index (χ4n) is 6.44. The molecule has 47 heavy (non-hydrogen) atoms. The number of hydrogen-bond donors (Lipinski definition) is 0. The lowest BCUT2D eigenvalue weighted by molar-refractivity contribution is -0.180. The van der Waals surface area contributed by atoms with Crippen LogP contribution in [-0.4, -0.2) is 53.4 Å². The average Bonchev–Trinajstić information content (AvgIpc) is 3.98. The van der Waals surface area contributed by atoms with Crippen LogP contribution in [-0.2, 0) is 26.0 Å². The van der Waals surface area contributed by atoms with Crippen LogP contribution in [0.25, 0.3) is 0 Å². The molecule has 0 bridgehead atoms. The van der Waals surface area contributed by atoms with Crippen LogP contribution in [0.3, 0.4) is 0 Å². The van der Waals surface area contributed by atoms with Gasteiger partial charge in [-0.1, -0.05) is 59.6 Å². The Morgan fingerprint density at radius 3 is 2.34 bits per heavy atom. The number of carbonyl (C=O) groups excluding carboxylic acids is 1. The van der Waals surface area contributed by atoms with Crippen LogP contribution in [0, 0.1) is 18.7 Å². The molecule has 13 heteroatoms. The molecule has 1 aromatic heterocycles. The van der Waals surface area contributed by atoms with Crippen LogP contribution in [0.1, 0.15) is 60.7 Å². The van der Waals surface area contributed by atoms with Gasteiger partial charge in [0.25, 0.3) is 5.91 Å². The topological polar surface area (TPSA) is 106 Å². The van der Waals surface area contributed by atoms with Gasteiger partial charge in [-0.3, -0.25) is 9.10 Å². The predicted octanol–water partition coefficient (Wildman–Crippen LogP) is 6.85. The maximum Gasteiger partial charge on any atom is 0.253 e. The number of aromatic nitrogens is 2. The van der Waals surface area contributed by atoms with E-state index in [-0.39, 0.29) is 36.4 Å². The summed E-state index contributed by atoms with van der Waals surface area (Å²) in [6, 6.07) is 19.0. The molecule has 2 aliphatic carbocycles. The third-order valence-electron chi connectivity index (χ3n) is 8.99. The summed E-state index contributed by atoms with van der Waals surface area (Å²) in [7, 11) is -3.92. The Balaban J connectivity index is 1.37. The van der Waals surface area contributed by atoms with E-state index in [1.807, 2.05) is 24.3 Å². The largest absolute Gasteiger partial charge is 0.425 e. The van der Waals surface area contributed by atoms with Crippen LogP contribution in [0.2, 0.25) is 10.0 Å². The average molecular weight is 700 g/mol. The number of sulfonamides is 1. The van der Waals surface area contributed by atoms with Gasteiger partial charge in [0.05, 0.1) is 36.0 Å². The first-order valence-corrected chi connectivity index (χ1v) is 17.9. The van der Waals surface area contributed by atoms with Gasteiger partial charge in [0.2, 0.25) is 21.8 Å². The fourth-order valence-corrected chi connectivity index (χ4v) is 8.64. The highest BCUT2D eigenvalue weighted by atomic mass is 35.5. The molecule has 3 aliphatic rings. The van der Waals surface area contributed by atoms with Crippen molar-refractivity contribution >= 4 is 44.8 Å². The first-order valence-electron chi connectivity index (χ1n) is 15.6. The molecule has 3 aromatic carbocycles. The van der Waals surface area contributed by atoms with Gasteiger partial charge in [0, 0.05) is 17.0 Å². The van der Waals surface area contributed by atoms with Crippen molar-refractivity contribution in [3.8, 4) is 0 Å². The van der Waals surface area contributed by atoms with Crippen molar-refractivity contribution in [1.29, 1.82) is 0 Å². The maximum absolute atomic E-state index is 15.4. The highest BCUT2D eigenvalue weighted by Crippen LogP contribution is 2.49. The summed E-state index contributed by atoms with van der Waals surface area (Å²) in [5, 5.41) is 8.46. The highest BCUT2D eigenvalue weighted by Gasteiger charge is 2.52. The number of para-hydroxylation sites is 1. The predicted molar refractivity (Wildman–Crippen MR) is 175 cm³/mol. The van der Waals surface area contributed by atoms with Crippen molar-refractivity contribution in [2.45, 2.75) is 68.6 Å². The molecule has 1 saturated heterocycles. The molecule has 1 aliphatic heterocycles. The van der Waals surface area contributed by atoms with Gasteiger partial charge in [-0.25, -0.2) is 12.8 Å². The minimum absolute atomic E-state index is 0.00929. The zero-order valence-corrected chi connectivity index (χ0v) is 27.8. The van der Waals surface area contributed by atoms with E-state index in [1.165, 1.54) is 22.5 Å². The molecule has 4 atom stereocenters. The molecule has 3 fully saturated rings. The number of benzene rings is 3. The summed E-state index contributed by atoms with van der Waals surface area (Å²) in [5.41, 5.74) is 1.44. The lowest BCUT2D eigenvalue weighted by Gasteiger charge is -2.49. The second kappa shape index (κ2) is 12.8. The summed E-state index contributed by atoms with van der Waals surface area (Å²) >= 11 is 12.8. The SMILES string of the molecule is Cc1nnc(C[C@H]2O[C@@H](c3cccc(Cl)c3)[C@@H](c3ccc(Cl)cc3)N(C(CN(c3ccccc3F)S(=O)(=O)C3CC3)C3CC3)C2=O)o1. The summed E-state index contributed by atoms with van der Waals surface area (Å²) in [5.74, 6) is -0.430. The number of amides is 1. The third-order valence-corrected chi connectivity index (χ3v) is 11.8. The lowest BCUT2D eigenvalue weighted by atomic mass is 9.89. The maximum atomic E-state index is 15.4. The Morgan fingerprint density at radius 2 is 1.70 bits per heavy atom. The normalized spacial score (nSPS) is 22.3. The number of anilines is 1. The van der Waals surface area contributed by atoms with E-state index in [2.05, 4.69) is 10.2 Å². The number of aryl methyl sites for hydroxylation is 1. The minimum atomic E-state index is -3.92. The van der Waals surface area contributed by atoms with Gasteiger partial charge in [-0.2, -0.15) is 0 Å². The van der Waals surface area contributed by atoms with Crippen molar-refractivity contribution in [1.82, 2.24) is 15.1 Å². The van der Waals surface area contributed by atoms with Crippen LogP contribution < -0.4 is 4.31 Å². The molecular formula is C34H33Cl2FN4O5S. The van der Waals surface area contributed by atoms with E-state index in [0.29, 0.717) is 28.8 Å². The number of rotatable bonds is 11. The highest BCUT2D eigenvalue weighted by molar-refractivity contribution is 7.93. The molecule has 0 radical (unpaired) electrons. The fraction of sp³-hybridized carbons (Fsp3) is 0.382. The van der Waals surface area contributed by atoms with Crippen molar-refractivity contribution < 1.29 is 26.8 Å². The van der Waals surface area contributed by atoms with Crippen LogP contribution >= 0.6 is 23.2 Å². The molecule has 0 spiro atoms. The van der Waals surface area contributed by atoms with Gasteiger partial charge in [0.1, 0.15) is 18.0 Å². The first-order chi connectivity index (χ1) is 22.6. The van der Waals surface area contributed by atoms with Crippen molar-refractivity contribution in [2.75, 3.05) is 10.8 Å². The zero-order valence-electron chi connectivity index (χ0n) is 25.5. The molecule has 9 nitrogen and oxygen atoms in total. The van der Waals surface area contributed by atoms with Gasteiger partial charge >= 0.3 is 0 Å². The zero-order chi connectivity index (χ0) is 32.9. The standard InChI is InChI=1S/C34H33Cl2FN4O5S/c1-20-38-39-31(45-20)18-30-34(42)41(32(22-11-13-24(35)14-12-22)33(46-30)23-5-4-6-25(36)17-23)29(21-9-10-21)19-40(47(43,44)26-15-16-26)28-8-3-2-7-27(28)37/h2-8,11-14,17,21,26,29-30,32-33H,9-10,15-16,18-19H2,1H3/t29?,30-,32-,33+/m1/s1. The summed E-state index contributed by atoms with van der Waals surface area (Å²) in [6.45, 7) is 1.55. The second-order valence-corrected chi connectivity index (χ2v) is 15.4. The Bertz CT molecular complexity index is 1880. The molecule has 246 valence electrons. The van der Waals surface area contributed by atoms with Gasteiger partial charge in [-0.05, 0) is 79.1 Å². The number of carbonyl (C=O) groups is 1. The van der Waals surface area contributed by atoms with Crippen molar-refractivity contribution in [3.05, 3.63) is 112 Å². The Hall–Kier alpha value is -3.51. The van der Waals surface area contributed by atoms with Crippen LogP contribution in [0.4, 0.5) is 10.1 Å². The minimum Gasteiger partial charge on any atom is -0.425 e. The first kappa shape index (κ1) is 32.1. The summed E-state index contributed by atoms with van der Waals surface area (Å²) in [4.78, 5) is 16.6. The van der Waals surface area contributed by atoms with Gasteiger partial charge in [0.15, 0.2) is 0 Å². The van der Waals surface area contributed by atoms with E-state index in [1.54, 1.807) is 42.2 Å². The molecule has 4 aromatic rings. The van der Waals surface area contributed by atoms with Gasteiger partial charge < -0.3 is 14.1 Å². The van der Waals surface area contributed by atoms with Crippen LogP contribution in [0.5, 0.6) is 0 Å². The van der Waals surface area contributed by atoms with E-state index in [9.17, 15) is 13.2 Å². The summed E-state index contributed by atoms with van der Waals surface area (Å²) < 4.78 is 56.9. The Morgan fingerprint density at radius 1 is 0.957 bits per heavy atom. The smallest absolute Gasteiger partial charge is 0.253 e. The lowest BCUT2D eigenvalue weighted by Crippen LogP contribution is -2.59. The number of morpholine rings is 1. The second-order valence-electron chi connectivity index (χ2n) is 12.4. The van der Waals surface area contributed by atoms with Crippen molar-refractivity contribution in [3.63, 3.8) is 0 Å². The monoisotopic (exact) mass is 698 g/mol. The molecule has 2 saturated carbocycles. The van der Waals surface area contributed by atoms with E-state index in [0.717, 1.165) is 24.0 Å². The van der Waals surface area contributed by atoms with Crippen LogP contribution in [0.15, 0.2) is 77.2 Å². The van der Waals surface area contributed by atoms with E-state index < -0.39 is 45.4 Å². The molecule has 2 heterocycles. The molecular weight excluding hydrogens is 666 g/mol. The molecule has 0 N–H and O–H groups in total. The van der Waals surface area contributed by atoms with Gasteiger partial charge in [-0.15, -0.1) is 10.2 Å². The molecule has 1 amide bonds. The number of nitrogens with zero attached hydrogens (tertiary/aromatic N) is 4. The quantitative estimate of drug-likeness (QED) is 0.169.